The molecular formula is C20H29FN2O2. The molecule has 2 saturated heterocycles. The van der Waals surface area contributed by atoms with Crippen molar-refractivity contribution < 1.29 is 13.9 Å². The third-order valence-electron chi connectivity index (χ3n) is 5.86. The molecule has 138 valence electrons. The molecule has 2 atom stereocenters. The number of halogens is 1. The lowest BCUT2D eigenvalue weighted by molar-refractivity contribution is -0.130. The van der Waals surface area contributed by atoms with E-state index in [4.69, 9.17) is 4.74 Å². The molecule has 25 heavy (non-hydrogen) atoms. The maximum atomic E-state index is 14.1. The normalized spacial score (nSPS) is 26.0. The number of ether oxygens (including phenoxy) is 1. The van der Waals surface area contributed by atoms with Crippen LogP contribution in [0, 0.1) is 11.7 Å². The Morgan fingerprint density at radius 3 is 2.56 bits per heavy atom. The number of methoxy groups -OCH3 is 1. The molecule has 0 spiro atoms. The highest BCUT2D eigenvalue weighted by atomic mass is 19.1. The highest BCUT2D eigenvalue weighted by molar-refractivity contribution is 5.73. The van der Waals surface area contributed by atoms with Crippen LogP contribution in [0.15, 0.2) is 24.3 Å². The number of benzene rings is 1. The Kier molecular flexibility index (Phi) is 6.07. The van der Waals surface area contributed by atoms with Gasteiger partial charge >= 0.3 is 0 Å². The van der Waals surface area contributed by atoms with Gasteiger partial charge in [0.25, 0.3) is 0 Å². The van der Waals surface area contributed by atoms with Crippen LogP contribution >= 0.6 is 0 Å². The van der Waals surface area contributed by atoms with Gasteiger partial charge in [0.15, 0.2) is 0 Å². The molecule has 1 amide bonds. The summed E-state index contributed by atoms with van der Waals surface area (Å²) in [5, 5.41) is 0. The second-order valence-electron chi connectivity index (χ2n) is 7.35. The standard InChI is InChI=1S/C20H29FN2O2/c1-15(24)22-10-7-18(8-11-22)23-12-9-20(25-2)17(14-23)13-16-5-3-4-6-19(16)21/h3-6,17-18,20H,7-14H2,1-2H3/t17-,20+/m1/s1. The van der Waals surface area contributed by atoms with Gasteiger partial charge in [0.05, 0.1) is 6.10 Å². The third-order valence-corrected chi connectivity index (χ3v) is 5.86. The van der Waals surface area contributed by atoms with Crippen LogP contribution in [0.5, 0.6) is 0 Å². The largest absolute Gasteiger partial charge is 0.381 e. The first-order chi connectivity index (χ1) is 12.1. The summed E-state index contributed by atoms with van der Waals surface area (Å²) in [5.41, 5.74) is 0.780. The predicted octanol–water partition coefficient (Wildman–Crippen LogP) is 2.72. The number of hydrogen-bond donors (Lipinski definition) is 0. The minimum Gasteiger partial charge on any atom is -0.381 e. The highest BCUT2D eigenvalue weighted by Crippen LogP contribution is 2.28. The van der Waals surface area contributed by atoms with Crippen LogP contribution in [0.4, 0.5) is 4.39 Å². The summed E-state index contributed by atoms with van der Waals surface area (Å²) in [6, 6.07) is 7.58. The van der Waals surface area contributed by atoms with Gasteiger partial charge in [-0.15, -0.1) is 0 Å². The zero-order valence-electron chi connectivity index (χ0n) is 15.3. The van der Waals surface area contributed by atoms with Gasteiger partial charge in [-0.2, -0.15) is 0 Å². The lowest BCUT2D eigenvalue weighted by Crippen LogP contribution is -2.52. The average molecular weight is 348 g/mol. The maximum absolute atomic E-state index is 14.1. The van der Waals surface area contributed by atoms with E-state index >= 15 is 0 Å². The fourth-order valence-electron chi connectivity index (χ4n) is 4.37. The van der Waals surface area contributed by atoms with Crippen molar-refractivity contribution in [2.24, 2.45) is 5.92 Å². The molecule has 0 aliphatic carbocycles. The van der Waals surface area contributed by atoms with E-state index < -0.39 is 0 Å². The van der Waals surface area contributed by atoms with Gasteiger partial charge in [-0.05, 0) is 37.3 Å². The van der Waals surface area contributed by atoms with Crippen molar-refractivity contribution in [1.29, 1.82) is 0 Å². The Morgan fingerprint density at radius 1 is 1.20 bits per heavy atom. The number of hydrogen-bond acceptors (Lipinski definition) is 3. The van der Waals surface area contributed by atoms with Gasteiger partial charge in [0.2, 0.25) is 5.91 Å². The van der Waals surface area contributed by atoms with E-state index in [1.165, 1.54) is 6.07 Å². The molecule has 2 aliphatic heterocycles. The third kappa shape index (κ3) is 4.39. The minimum absolute atomic E-state index is 0.121. The first kappa shape index (κ1) is 18.3. The van der Waals surface area contributed by atoms with E-state index in [9.17, 15) is 9.18 Å². The molecule has 1 aromatic carbocycles. The molecular weight excluding hydrogens is 319 g/mol. The first-order valence-electron chi connectivity index (χ1n) is 9.34. The van der Waals surface area contributed by atoms with Crippen molar-refractivity contribution in [1.82, 2.24) is 9.80 Å². The molecule has 0 N–H and O–H groups in total. The summed E-state index contributed by atoms with van der Waals surface area (Å²) >= 11 is 0. The number of rotatable bonds is 4. The summed E-state index contributed by atoms with van der Waals surface area (Å²) in [7, 11) is 1.76. The molecule has 0 saturated carbocycles. The van der Waals surface area contributed by atoms with Gasteiger partial charge in [-0.25, -0.2) is 4.39 Å². The Labute approximate surface area is 149 Å². The smallest absolute Gasteiger partial charge is 0.219 e. The topological polar surface area (TPSA) is 32.8 Å². The van der Waals surface area contributed by atoms with Crippen molar-refractivity contribution in [3.8, 4) is 0 Å². The Hall–Kier alpha value is -1.46. The molecule has 5 heteroatoms. The lowest BCUT2D eigenvalue weighted by atomic mass is 9.86. The molecule has 0 aromatic heterocycles. The second kappa shape index (κ2) is 8.28. The fourth-order valence-corrected chi connectivity index (χ4v) is 4.37. The zero-order valence-corrected chi connectivity index (χ0v) is 15.3. The SMILES string of the molecule is CO[C@H]1CCN(C2CCN(C(C)=O)CC2)C[C@H]1Cc1ccccc1F. The van der Waals surface area contributed by atoms with E-state index in [0.29, 0.717) is 18.4 Å². The number of likely N-dealkylation sites (tertiary alicyclic amines) is 2. The molecule has 3 rings (SSSR count). The van der Waals surface area contributed by atoms with Gasteiger partial charge in [0, 0.05) is 52.2 Å². The van der Waals surface area contributed by atoms with E-state index in [0.717, 1.165) is 51.0 Å². The Balaban J connectivity index is 1.62. The minimum atomic E-state index is -0.121. The summed E-state index contributed by atoms with van der Waals surface area (Å²) in [6.07, 6.45) is 3.96. The molecule has 2 aliphatic rings. The predicted molar refractivity (Wildman–Crippen MR) is 95.9 cm³/mol. The zero-order chi connectivity index (χ0) is 17.8. The summed E-state index contributed by atoms with van der Waals surface area (Å²) in [5.74, 6) is 0.361. The van der Waals surface area contributed by atoms with Crippen LogP contribution in [0.3, 0.4) is 0 Å². The Bertz CT molecular complexity index is 587. The summed E-state index contributed by atoms with van der Waals surface area (Å²) in [4.78, 5) is 16.0. The Morgan fingerprint density at radius 2 is 1.92 bits per heavy atom. The highest BCUT2D eigenvalue weighted by Gasteiger charge is 2.34. The molecule has 2 fully saturated rings. The maximum Gasteiger partial charge on any atom is 0.219 e. The molecule has 4 nitrogen and oxygen atoms in total. The number of carbonyl (C=O) groups excluding carboxylic acids is 1. The van der Waals surface area contributed by atoms with Crippen LogP contribution < -0.4 is 0 Å². The van der Waals surface area contributed by atoms with Crippen molar-refractivity contribution in [2.45, 2.75) is 44.8 Å². The fraction of sp³-hybridized carbons (Fsp3) is 0.650. The van der Waals surface area contributed by atoms with Gasteiger partial charge in [0.1, 0.15) is 5.82 Å². The second-order valence-corrected chi connectivity index (χ2v) is 7.35. The molecule has 0 unspecified atom stereocenters. The van der Waals surface area contributed by atoms with E-state index in [1.807, 2.05) is 17.0 Å². The number of amides is 1. The van der Waals surface area contributed by atoms with Gasteiger partial charge in [-0.3, -0.25) is 9.69 Å². The van der Waals surface area contributed by atoms with Crippen molar-refractivity contribution in [2.75, 3.05) is 33.3 Å². The molecule has 0 radical (unpaired) electrons. The molecule has 2 heterocycles. The van der Waals surface area contributed by atoms with E-state index in [2.05, 4.69) is 4.90 Å². The molecule has 1 aromatic rings. The average Bonchev–Trinajstić information content (AvgIpc) is 2.63. The first-order valence-corrected chi connectivity index (χ1v) is 9.34. The van der Waals surface area contributed by atoms with E-state index in [1.54, 1.807) is 20.1 Å². The van der Waals surface area contributed by atoms with Crippen LogP contribution in [0.25, 0.3) is 0 Å². The quantitative estimate of drug-likeness (QED) is 0.839. The van der Waals surface area contributed by atoms with Crippen LogP contribution in [0.2, 0.25) is 0 Å². The number of piperidine rings is 2. The monoisotopic (exact) mass is 348 g/mol. The summed E-state index contributed by atoms with van der Waals surface area (Å²) in [6.45, 7) is 5.31. The van der Waals surface area contributed by atoms with Gasteiger partial charge in [-0.1, -0.05) is 18.2 Å². The lowest BCUT2D eigenvalue weighted by Gasteiger charge is -2.44. The van der Waals surface area contributed by atoms with Crippen LogP contribution in [0.1, 0.15) is 31.7 Å². The number of nitrogens with zero attached hydrogens (tertiary/aromatic N) is 2. The van der Waals surface area contributed by atoms with E-state index in [-0.39, 0.29) is 17.8 Å². The van der Waals surface area contributed by atoms with Crippen molar-refractivity contribution in [3.63, 3.8) is 0 Å². The molecule has 0 bridgehead atoms. The van der Waals surface area contributed by atoms with Crippen LogP contribution in [-0.2, 0) is 16.0 Å². The number of carbonyl (C=O) groups is 1. The van der Waals surface area contributed by atoms with Crippen molar-refractivity contribution >= 4 is 5.91 Å². The summed E-state index contributed by atoms with van der Waals surface area (Å²) < 4.78 is 19.8. The van der Waals surface area contributed by atoms with Crippen LogP contribution in [-0.4, -0.2) is 61.1 Å². The van der Waals surface area contributed by atoms with Gasteiger partial charge < -0.3 is 9.64 Å². The van der Waals surface area contributed by atoms with Crippen molar-refractivity contribution in [3.05, 3.63) is 35.6 Å².